The molecule has 0 bridgehead atoms. The molecule has 0 aliphatic rings. The highest BCUT2D eigenvalue weighted by atomic mass is 35.5. The summed E-state index contributed by atoms with van der Waals surface area (Å²) >= 11 is 6.38. The molecule has 102 valence electrons. The first-order valence-electron chi connectivity index (χ1n) is 4.90. The lowest BCUT2D eigenvalue weighted by Gasteiger charge is -2.07. The van der Waals surface area contributed by atoms with E-state index < -0.39 is 15.8 Å². The lowest BCUT2D eigenvalue weighted by Crippen LogP contribution is -2.11. The summed E-state index contributed by atoms with van der Waals surface area (Å²) < 4.78 is 44.3. The molecule has 1 N–H and O–H groups in total. The fourth-order valence-corrected chi connectivity index (χ4v) is 3.64. The molecule has 0 spiro atoms. The Morgan fingerprint density at radius 3 is 2.74 bits per heavy atom. The van der Waals surface area contributed by atoms with Crippen LogP contribution in [-0.2, 0) is 10.0 Å². The Morgan fingerprint density at radius 1 is 1.47 bits per heavy atom. The van der Waals surface area contributed by atoms with Crippen LogP contribution in [0.1, 0.15) is 0 Å². The van der Waals surface area contributed by atoms with E-state index >= 15 is 0 Å². The first kappa shape index (κ1) is 14.0. The van der Waals surface area contributed by atoms with Crippen LogP contribution in [0.2, 0.25) is 4.47 Å². The van der Waals surface area contributed by atoms with E-state index in [0.717, 1.165) is 23.6 Å². The molecule has 2 rings (SSSR count). The molecule has 0 aliphatic heterocycles. The van der Waals surface area contributed by atoms with Gasteiger partial charge in [0.2, 0.25) is 0 Å². The SMILES string of the molecule is COc1ccc(NS(=O)(=O)c2cnc(Cl)s2)cc1F. The van der Waals surface area contributed by atoms with Gasteiger partial charge in [-0.25, -0.2) is 17.8 Å². The highest BCUT2D eigenvalue weighted by molar-refractivity contribution is 7.94. The van der Waals surface area contributed by atoms with E-state index in [0.29, 0.717) is 0 Å². The lowest BCUT2D eigenvalue weighted by atomic mass is 10.3. The third-order valence-electron chi connectivity index (χ3n) is 2.13. The van der Waals surface area contributed by atoms with Crippen LogP contribution in [0.4, 0.5) is 10.1 Å². The van der Waals surface area contributed by atoms with Gasteiger partial charge in [-0.15, -0.1) is 0 Å². The second kappa shape index (κ2) is 5.32. The van der Waals surface area contributed by atoms with Crippen LogP contribution in [0.3, 0.4) is 0 Å². The quantitative estimate of drug-likeness (QED) is 0.939. The fourth-order valence-electron chi connectivity index (χ4n) is 1.30. The molecule has 19 heavy (non-hydrogen) atoms. The van der Waals surface area contributed by atoms with Crippen LogP contribution in [0.5, 0.6) is 5.75 Å². The van der Waals surface area contributed by atoms with E-state index in [1.807, 2.05) is 0 Å². The topological polar surface area (TPSA) is 68.3 Å². The van der Waals surface area contributed by atoms with Crippen LogP contribution in [-0.4, -0.2) is 20.5 Å². The number of methoxy groups -OCH3 is 1. The minimum absolute atomic E-state index is 0.0313. The number of thiazole rings is 1. The predicted octanol–water partition coefficient (Wildman–Crippen LogP) is 2.75. The van der Waals surface area contributed by atoms with Gasteiger partial charge in [0.25, 0.3) is 10.0 Å². The Hall–Kier alpha value is -1.38. The fraction of sp³-hybridized carbons (Fsp3) is 0.100. The van der Waals surface area contributed by atoms with Crippen molar-refractivity contribution in [2.24, 2.45) is 0 Å². The molecule has 1 aromatic carbocycles. The zero-order valence-corrected chi connectivity index (χ0v) is 11.9. The molecule has 0 atom stereocenters. The Kier molecular flexibility index (Phi) is 3.93. The number of ether oxygens (including phenoxy) is 1. The summed E-state index contributed by atoms with van der Waals surface area (Å²) in [5.41, 5.74) is 0.0859. The maximum absolute atomic E-state index is 13.4. The van der Waals surface area contributed by atoms with Gasteiger partial charge in [-0.3, -0.25) is 4.72 Å². The molecule has 2 aromatic rings. The Morgan fingerprint density at radius 2 is 2.21 bits per heavy atom. The summed E-state index contributed by atoms with van der Waals surface area (Å²) in [5, 5.41) is 0. The molecular formula is C10H8ClFN2O3S2. The summed E-state index contributed by atoms with van der Waals surface area (Å²) in [6.45, 7) is 0. The van der Waals surface area contributed by atoms with Gasteiger partial charge in [-0.05, 0) is 12.1 Å². The van der Waals surface area contributed by atoms with Crippen molar-refractivity contribution in [2.45, 2.75) is 4.21 Å². The second-order valence-electron chi connectivity index (χ2n) is 3.39. The summed E-state index contributed by atoms with van der Waals surface area (Å²) in [7, 11) is -2.49. The first-order valence-corrected chi connectivity index (χ1v) is 7.58. The standard InChI is InChI=1S/C10H8ClFN2O3S2/c1-17-8-3-2-6(4-7(8)12)14-19(15,16)9-5-13-10(11)18-9/h2-5,14H,1H3. The van der Waals surface area contributed by atoms with Crippen LogP contribution < -0.4 is 9.46 Å². The average molecular weight is 323 g/mol. The van der Waals surface area contributed by atoms with E-state index in [4.69, 9.17) is 16.3 Å². The molecule has 0 amide bonds. The zero-order valence-electron chi connectivity index (χ0n) is 9.55. The van der Waals surface area contributed by atoms with Crippen molar-refractivity contribution in [2.75, 3.05) is 11.8 Å². The number of benzene rings is 1. The molecule has 0 unspecified atom stereocenters. The molecular weight excluding hydrogens is 315 g/mol. The van der Waals surface area contributed by atoms with Gasteiger partial charge in [0.1, 0.15) is 0 Å². The zero-order chi connectivity index (χ0) is 14.0. The van der Waals surface area contributed by atoms with Crippen molar-refractivity contribution >= 4 is 38.6 Å². The van der Waals surface area contributed by atoms with Gasteiger partial charge in [0.05, 0.1) is 19.0 Å². The second-order valence-corrected chi connectivity index (χ2v) is 6.91. The van der Waals surface area contributed by atoms with E-state index in [9.17, 15) is 12.8 Å². The highest BCUT2D eigenvalue weighted by Crippen LogP contribution is 2.26. The maximum atomic E-state index is 13.4. The number of nitrogens with zero attached hydrogens (tertiary/aromatic N) is 1. The molecule has 5 nitrogen and oxygen atoms in total. The number of hydrogen-bond donors (Lipinski definition) is 1. The number of anilines is 1. The van der Waals surface area contributed by atoms with Crippen molar-refractivity contribution < 1.29 is 17.5 Å². The van der Waals surface area contributed by atoms with Crippen LogP contribution in [0.25, 0.3) is 0 Å². The lowest BCUT2D eigenvalue weighted by molar-refractivity contribution is 0.386. The van der Waals surface area contributed by atoms with Crippen molar-refractivity contribution in [3.05, 3.63) is 34.7 Å². The monoisotopic (exact) mass is 322 g/mol. The third kappa shape index (κ3) is 3.14. The Balaban J connectivity index is 2.28. The minimum Gasteiger partial charge on any atom is -0.494 e. The van der Waals surface area contributed by atoms with Crippen LogP contribution >= 0.6 is 22.9 Å². The Bertz CT molecular complexity index is 703. The molecule has 0 radical (unpaired) electrons. The van der Waals surface area contributed by atoms with E-state index in [-0.39, 0.29) is 20.1 Å². The van der Waals surface area contributed by atoms with Gasteiger partial charge in [0, 0.05) is 6.07 Å². The molecule has 1 aromatic heterocycles. The largest absolute Gasteiger partial charge is 0.494 e. The normalized spacial score (nSPS) is 11.3. The van der Waals surface area contributed by atoms with Crippen LogP contribution in [0.15, 0.2) is 28.6 Å². The van der Waals surface area contributed by atoms with E-state index in [2.05, 4.69) is 9.71 Å². The van der Waals surface area contributed by atoms with Gasteiger partial charge in [0.15, 0.2) is 20.2 Å². The third-order valence-corrected chi connectivity index (χ3v) is 5.08. The van der Waals surface area contributed by atoms with Gasteiger partial charge in [-0.1, -0.05) is 22.9 Å². The van der Waals surface area contributed by atoms with E-state index in [1.54, 1.807) is 0 Å². The van der Waals surface area contributed by atoms with Crippen molar-refractivity contribution in [3.8, 4) is 5.75 Å². The summed E-state index contributed by atoms with van der Waals surface area (Å²) in [6, 6.07) is 3.74. The molecule has 0 fully saturated rings. The molecule has 0 aliphatic carbocycles. The summed E-state index contributed by atoms with van der Waals surface area (Å²) in [6.07, 6.45) is 1.13. The molecule has 0 saturated carbocycles. The highest BCUT2D eigenvalue weighted by Gasteiger charge is 2.18. The molecule has 9 heteroatoms. The van der Waals surface area contributed by atoms with Crippen molar-refractivity contribution in [1.82, 2.24) is 4.98 Å². The molecule has 1 heterocycles. The van der Waals surface area contributed by atoms with Crippen molar-refractivity contribution in [3.63, 3.8) is 0 Å². The minimum atomic E-state index is -3.81. The number of rotatable bonds is 4. The molecule has 0 saturated heterocycles. The van der Waals surface area contributed by atoms with Crippen LogP contribution in [0, 0.1) is 5.82 Å². The number of aromatic nitrogens is 1. The predicted molar refractivity (Wildman–Crippen MR) is 70.9 cm³/mol. The van der Waals surface area contributed by atoms with E-state index in [1.165, 1.54) is 19.2 Å². The number of halogens is 2. The maximum Gasteiger partial charge on any atom is 0.273 e. The van der Waals surface area contributed by atoms with Gasteiger partial charge in [-0.2, -0.15) is 0 Å². The van der Waals surface area contributed by atoms with Crippen molar-refractivity contribution in [1.29, 1.82) is 0 Å². The number of nitrogens with one attached hydrogen (secondary N) is 1. The first-order chi connectivity index (χ1) is 8.92. The number of sulfonamides is 1. The average Bonchev–Trinajstić information content (AvgIpc) is 2.76. The van der Waals surface area contributed by atoms with Gasteiger partial charge < -0.3 is 4.74 Å². The summed E-state index contributed by atoms with van der Waals surface area (Å²) in [4.78, 5) is 3.64. The smallest absolute Gasteiger partial charge is 0.273 e. The van der Waals surface area contributed by atoms with Gasteiger partial charge >= 0.3 is 0 Å². The number of hydrogen-bond acceptors (Lipinski definition) is 5. The summed E-state index contributed by atoms with van der Waals surface area (Å²) in [5.74, 6) is -0.631. The Labute approximate surface area is 118 Å².